The largest absolute Gasteiger partial charge is 0.363 e. The maximum absolute atomic E-state index is 12.2. The van der Waals surface area contributed by atoms with E-state index in [2.05, 4.69) is 36.5 Å². The highest BCUT2D eigenvalue weighted by Gasteiger charge is 2.23. The molecule has 0 atom stereocenters. The van der Waals surface area contributed by atoms with Crippen molar-refractivity contribution in [1.82, 2.24) is 15.3 Å². The zero-order valence-electron chi connectivity index (χ0n) is 14.3. The zero-order chi connectivity index (χ0) is 17.8. The van der Waals surface area contributed by atoms with E-state index >= 15 is 0 Å². The van der Waals surface area contributed by atoms with Crippen LogP contribution >= 0.6 is 27.3 Å². The van der Waals surface area contributed by atoms with Gasteiger partial charge in [0.2, 0.25) is 5.95 Å². The van der Waals surface area contributed by atoms with Crippen LogP contribution in [-0.4, -0.2) is 42.1 Å². The van der Waals surface area contributed by atoms with Crippen LogP contribution in [-0.2, 0) is 0 Å². The number of hydrogen-bond donors (Lipinski definition) is 2. The van der Waals surface area contributed by atoms with Gasteiger partial charge in [-0.1, -0.05) is 0 Å². The quantitative estimate of drug-likeness (QED) is 0.769. The predicted octanol–water partition coefficient (Wildman–Crippen LogP) is 3.52. The van der Waals surface area contributed by atoms with E-state index in [1.54, 1.807) is 6.20 Å². The molecule has 2 N–H and O–H groups in total. The summed E-state index contributed by atoms with van der Waals surface area (Å²) in [7, 11) is 3.93. The van der Waals surface area contributed by atoms with Gasteiger partial charge in [-0.2, -0.15) is 4.98 Å². The first-order valence-electron chi connectivity index (χ1n) is 8.34. The van der Waals surface area contributed by atoms with Crippen LogP contribution in [0.25, 0.3) is 0 Å². The van der Waals surface area contributed by atoms with Gasteiger partial charge in [-0.05, 0) is 59.8 Å². The fraction of sp³-hybridized carbons (Fsp3) is 0.471. The summed E-state index contributed by atoms with van der Waals surface area (Å²) in [5.74, 6) is 1.58. The van der Waals surface area contributed by atoms with Crippen LogP contribution in [0, 0.1) is 0 Å². The number of carbonyl (C=O) groups excluding carboxylic acids is 1. The van der Waals surface area contributed by atoms with Crippen LogP contribution < -0.4 is 15.5 Å². The number of thiophene rings is 1. The van der Waals surface area contributed by atoms with E-state index in [4.69, 9.17) is 0 Å². The molecule has 1 fully saturated rings. The summed E-state index contributed by atoms with van der Waals surface area (Å²) >= 11 is 4.86. The lowest BCUT2D eigenvalue weighted by Gasteiger charge is -2.29. The van der Waals surface area contributed by atoms with Crippen molar-refractivity contribution in [2.75, 3.05) is 24.3 Å². The minimum absolute atomic E-state index is 0.0223. The Labute approximate surface area is 160 Å². The number of halogens is 1. The third kappa shape index (κ3) is 4.92. The first-order valence-corrected chi connectivity index (χ1v) is 9.95. The molecule has 2 aromatic heterocycles. The van der Waals surface area contributed by atoms with Crippen LogP contribution in [0.3, 0.4) is 0 Å². The first-order chi connectivity index (χ1) is 12.0. The molecule has 25 heavy (non-hydrogen) atoms. The summed E-state index contributed by atoms with van der Waals surface area (Å²) in [6.45, 7) is 0. The summed E-state index contributed by atoms with van der Waals surface area (Å²) in [6.07, 6.45) is 5.69. The molecule has 1 aliphatic carbocycles. The van der Waals surface area contributed by atoms with Gasteiger partial charge in [0.1, 0.15) is 5.82 Å². The maximum atomic E-state index is 12.2. The highest BCUT2D eigenvalue weighted by Crippen LogP contribution is 2.24. The number of nitrogens with zero attached hydrogens (tertiary/aromatic N) is 3. The van der Waals surface area contributed by atoms with E-state index in [1.807, 2.05) is 37.2 Å². The highest BCUT2D eigenvalue weighted by molar-refractivity contribution is 9.11. The molecule has 0 radical (unpaired) electrons. The van der Waals surface area contributed by atoms with Crippen molar-refractivity contribution in [3.8, 4) is 0 Å². The van der Waals surface area contributed by atoms with Gasteiger partial charge in [-0.3, -0.25) is 4.79 Å². The van der Waals surface area contributed by atoms with Gasteiger partial charge in [0.05, 0.1) is 8.66 Å². The molecule has 0 aliphatic heterocycles. The Bertz CT molecular complexity index is 727. The van der Waals surface area contributed by atoms with Crippen molar-refractivity contribution >= 4 is 44.9 Å². The molecule has 0 spiro atoms. The van der Waals surface area contributed by atoms with E-state index in [-0.39, 0.29) is 11.9 Å². The van der Waals surface area contributed by atoms with E-state index in [0.717, 1.165) is 40.2 Å². The molecule has 8 heteroatoms. The number of hydrogen-bond acceptors (Lipinski definition) is 6. The smallest absolute Gasteiger partial charge is 0.261 e. The Morgan fingerprint density at radius 1 is 1.20 bits per heavy atom. The Balaban J connectivity index is 1.48. The monoisotopic (exact) mass is 423 g/mol. The Morgan fingerprint density at radius 2 is 1.92 bits per heavy atom. The Morgan fingerprint density at radius 3 is 2.56 bits per heavy atom. The molecule has 2 aromatic rings. The van der Waals surface area contributed by atoms with Crippen LogP contribution in [0.5, 0.6) is 0 Å². The van der Waals surface area contributed by atoms with E-state index in [0.29, 0.717) is 12.0 Å². The lowest BCUT2D eigenvalue weighted by Crippen LogP contribution is -2.40. The number of carbonyl (C=O) groups is 1. The second kappa shape index (κ2) is 8.14. The van der Waals surface area contributed by atoms with Gasteiger partial charge < -0.3 is 15.5 Å². The minimum Gasteiger partial charge on any atom is -0.363 e. The summed E-state index contributed by atoms with van der Waals surface area (Å²) in [4.78, 5) is 23.8. The van der Waals surface area contributed by atoms with Crippen molar-refractivity contribution < 1.29 is 4.79 Å². The van der Waals surface area contributed by atoms with Crippen molar-refractivity contribution in [1.29, 1.82) is 0 Å². The predicted molar refractivity (Wildman–Crippen MR) is 106 cm³/mol. The molecule has 1 saturated carbocycles. The molecule has 0 aromatic carbocycles. The van der Waals surface area contributed by atoms with Crippen LogP contribution in [0.1, 0.15) is 35.4 Å². The average molecular weight is 424 g/mol. The van der Waals surface area contributed by atoms with Gasteiger partial charge >= 0.3 is 0 Å². The normalized spacial score (nSPS) is 20.1. The van der Waals surface area contributed by atoms with Crippen molar-refractivity contribution in [2.24, 2.45) is 0 Å². The Hall–Kier alpha value is -1.67. The number of nitrogens with one attached hydrogen (secondary N) is 2. The number of rotatable bonds is 5. The first kappa shape index (κ1) is 18.1. The molecule has 1 aliphatic rings. The van der Waals surface area contributed by atoms with Crippen LogP contribution in [0.15, 0.2) is 28.2 Å². The zero-order valence-corrected chi connectivity index (χ0v) is 16.7. The summed E-state index contributed by atoms with van der Waals surface area (Å²) in [6, 6.07) is 6.23. The van der Waals surface area contributed by atoms with Gasteiger partial charge in [-0.15, -0.1) is 11.3 Å². The number of aromatic nitrogens is 2. The lowest BCUT2D eigenvalue weighted by molar-refractivity contribution is 0.0930. The number of anilines is 2. The van der Waals surface area contributed by atoms with Gasteiger partial charge in [-0.25, -0.2) is 4.98 Å². The lowest BCUT2D eigenvalue weighted by atomic mass is 9.91. The molecule has 0 saturated heterocycles. The second-order valence-corrected chi connectivity index (χ2v) is 8.87. The molecule has 134 valence electrons. The fourth-order valence-electron chi connectivity index (χ4n) is 2.93. The topological polar surface area (TPSA) is 70.2 Å². The maximum Gasteiger partial charge on any atom is 0.261 e. The molecule has 0 bridgehead atoms. The molecular formula is C17H22BrN5OS. The highest BCUT2D eigenvalue weighted by atomic mass is 79.9. The number of amides is 1. The molecule has 3 rings (SSSR count). The van der Waals surface area contributed by atoms with E-state index in [9.17, 15) is 4.79 Å². The Kier molecular flexibility index (Phi) is 5.90. The third-order valence-electron chi connectivity index (χ3n) is 4.29. The minimum atomic E-state index is 0.0223. The van der Waals surface area contributed by atoms with Gasteiger partial charge in [0.25, 0.3) is 5.91 Å². The molecule has 6 nitrogen and oxygen atoms in total. The molecule has 2 heterocycles. The molecule has 1 amide bonds. The summed E-state index contributed by atoms with van der Waals surface area (Å²) in [5, 5.41) is 6.56. The van der Waals surface area contributed by atoms with E-state index < -0.39 is 0 Å². The summed E-state index contributed by atoms with van der Waals surface area (Å²) < 4.78 is 0.977. The molecular weight excluding hydrogens is 402 g/mol. The van der Waals surface area contributed by atoms with Gasteiger partial charge in [0.15, 0.2) is 0 Å². The average Bonchev–Trinajstić information content (AvgIpc) is 3.03. The van der Waals surface area contributed by atoms with Crippen LogP contribution in [0.4, 0.5) is 11.8 Å². The van der Waals surface area contributed by atoms with Gasteiger partial charge in [0, 0.05) is 32.4 Å². The third-order valence-corrected chi connectivity index (χ3v) is 5.91. The standard InChI is InChI=1S/C17H22BrN5OS/c1-23(2)15-9-10-19-17(22-15)21-12-5-3-11(4-6-12)20-16(24)13-7-8-14(18)25-13/h7-12H,3-6H2,1-2H3,(H,20,24)(H,19,21,22). The second-order valence-electron chi connectivity index (χ2n) is 6.40. The van der Waals surface area contributed by atoms with Crippen molar-refractivity contribution in [2.45, 2.75) is 37.8 Å². The van der Waals surface area contributed by atoms with Crippen molar-refractivity contribution in [3.63, 3.8) is 0 Å². The van der Waals surface area contributed by atoms with Crippen molar-refractivity contribution in [3.05, 3.63) is 33.1 Å². The molecule has 0 unspecified atom stereocenters. The SMILES string of the molecule is CN(C)c1ccnc(NC2CCC(NC(=O)c3ccc(Br)s3)CC2)n1. The summed E-state index contributed by atoms with van der Waals surface area (Å²) in [5.41, 5.74) is 0. The fourth-order valence-corrected chi connectivity index (χ4v) is 4.21. The van der Waals surface area contributed by atoms with Crippen LogP contribution in [0.2, 0.25) is 0 Å². The van der Waals surface area contributed by atoms with E-state index in [1.165, 1.54) is 11.3 Å².